The number of anilines is 1. The summed E-state index contributed by atoms with van der Waals surface area (Å²) in [7, 11) is -3.51. The molecule has 2 aliphatic heterocycles. The maximum atomic E-state index is 12.7. The predicted octanol–water partition coefficient (Wildman–Crippen LogP) is 2.36. The molecule has 2 aliphatic rings. The number of nitrogens with zero attached hydrogens (tertiary/aromatic N) is 2. The molecule has 0 saturated carbocycles. The fourth-order valence-electron chi connectivity index (χ4n) is 3.62. The Kier molecular flexibility index (Phi) is 5.60. The number of carbonyl (C=O) groups is 1. The third kappa shape index (κ3) is 4.06. The highest BCUT2D eigenvalue weighted by Gasteiger charge is 2.27. The van der Waals surface area contributed by atoms with Gasteiger partial charge in [0.15, 0.2) is 11.5 Å². The van der Waals surface area contributed by atoms with Crippen LogP contribution in [-0.2, 0) is 14.8 Å². The molecule has 0 bridgehead atoms. The second-order valence-electron chi connectivity index (χ2n) is 6.77. The molecular weight excluding hydrogens is 356 g/mol. The van der Waals surface area contributed by atoms with Gasteiger partial charge in [-0.15, -0.1) is 0 Å². The first-order valence-corrected chi connectivity index (χ1v) is 10.9. The van der Waals surface area contributed by atoms with Gasteiger partial charge in [0.05, 0.1) is 11.9 Å². The molecule has 0 N–H and O–H groups in total. The Labute approximate surface area is 154 Å². The molecule has 0 aromatic heterocycles. The van der Waals surface area contributed by atoms with E-state index in [-0.39, 0.29) is 31.7 Å². The number of amides is 1. The van der Waals surface area contributed by atoms with Gasteiger partial charge in [0.2, 0.25) is 22.7 Å². The van der Waals surface area contributed by atoms with Crippen molar-refractivity contribution >= 4 is 21.6 Å². The highest BCUT2D eigenvalue weighted by molar-refractivity contribution is 7.92. The highest BCUT2D eigenvalue weighted by atomic mass is 32.2. The molecule has 144 valence electrons. The van der Waals surface area contributed by atoms with Crippen LogP contribution in [0.25, 0.3) is 0 Å². The summed E-state index contributed by atoms with van der Waals surface area (Å²) in [5, 5.41) is 0. The third-order valence-corrected chi connectivity index (χ3v) is 6.19. The molecule has 0 radical (unpaired) electrons. The van der Waals surface area contributed by atoms with Gasteiger partial charge >= 0.3 is 0 Å². The predicted molar refractivity (Wildman–Crippen MR) is 99.0 cm³/mol. The third-order valence-electron chi connectivity index (χ3n) is 4.99. The van der Waals surface area contributed by atoms with Crippen LogP contribution in [0.4, 0.5) is 5.69 Å². The number of hydrogen-bond donors (Lipinski definition) is 0. The standard InChI is InChI=1S/C18H26N2O5S/c1-3-14-6-4-5-10-19(14)18(21)9-11-20(26(2,22)23)15-7-8-16-17(12-15)25-13-24-16/h7-8,12,14H,3-6,9-11,13H2,1-2H3. The van der Waals surface area contributed by atoms with Crippen molar-refractivity contribution in [3.8, 4) is 11.5 Å². The molecule has 0 aliphatic carbocycles. The summed E-state index contributed by atoms with van der Waals surface area (Å²) in [4.78, 5) is 14.6. The molecule has 1 unspecified atom stereocenters. The van der Waals surface area contributed by atoms with Crippen LogP contribution in [0.3, 0.4) is 0 Å². The average molecular weight is 382 g/mol. The van der Waals surface area contributed by atoms with Crippen molar-refractivity contribution in [2.75, 3.05) is 30.4 Å². The Morgan fingerprint density at radius 3 is 2.77 bits per heavy atom. The number of fused-ring (bicyclic) bond motifs is 1. The van der Waals surface area contributed by atoms with E-state index in [1.165, 1.54) is 4.31 Å². The SMILES string of the molecule is CCC1CCCCN1C(=O)CCN(c1ccc2c(c1)OCO2)S(C)(=O)=O. The molecule has 1 saturated heterocycles. The van der Waals surface area contributed by atoms with Crippen molar-refractivity contribution in [3.05, 3.63) is 18.2 Å². The lowest BCUT2D eigenvalue weighted by Crippen LogP contribution is -2.44. The van der Waals surface area contributed by atoms with Crippen molar-refractivity contribution in [1.29, 1.82) is 0 Å². The lowest BCUT2D eigenvalue weighted by molar-refractivity contribution is -0.134. The van der Waals surface area contributed by atoms with E-state index in [0.717, 1.165) is 38.5 Å². The minimum atomic E-state index is -3.51. The smallest absolute Gasteiger partial charge is 0.232 e. The minimum absolute atomic E-state index is 0.0194. The molecular formula is C18H26N2O5S. The molecule has 3 rings (SSSR count). The Hall–Kier alpha value is -1.96. The Morgan fingerprint density at radius 1 is 1.27 bits per heavy atom. The average Bonchev–Trinajstić information content (AvgIpc) is 3.08. The summed E-state index contributed by atoms with van der Waals surface area (Å²) in [6.45, 7) is 3.10. The molecule has 1 aromatic carbocycles. The van der Waals surface area contributed by atoms with Crippen molar-refractivity contribution in [1.82, 2.24) is 4.90 Å². The molecule has 26 heavy (non-hydrogen) atoms. The summed E-state index contributed by atoms with van der Waals surface area (Å²) in [6, 6.07) is 5.28. The number of hydrogen-bond acceptors (Lipinski definition) is 5. The number of likely N-dealkylation sites (tertiary alicyclic amines) is 1. The van der Waals surface area contributed by atoms with Crippen LogP contribution < -0.4 is 13.8 Å². The fraction of sp³-hybridized carbons (Fsp3) is 0.611. The van der Waals surface area contributed by atoms with E-state index < -0.39 is 10.0 Å². The number of rotatable bonds is 6. The van der Waals surface area contributed by atoms with Gasteiger partial charge in [-0.2, -0.15) is 0 Å². The monoisotopic (exact) mass is 382 g/mol. The van der Waals surface area contributed by atoms with E-state index in [2.05, 4.69) is 6.92 Å². The number of sulfonamides is 1. The number of benzene rings is 1. The van der Waals surface area contributed by atoms with Gasteiger partial charge in [0.1, 0.15) is 0 Å². The molecule has 0 spiro atoms. The Bertz CT molecular complexity index is 765. The first-order chi connectivity index (χ1) is 12.4. The Balaban J connectivity index is 1.72. The topological polar surface area (TPSA) is 76.2 Å². The summed E-state index contributed by atoms with van der Waals surface area (Å²) in [5.74, 6) is 1.13. The van der Waals surface area contributed by atoms with Crippen LogP contribution >= 0.6 is 0 Å². The van der Waals surface area contributed by atoms with E-state index in [4.69, 9.17) is 9.47 Å². The summed E-state index contributed by atoms with van der Waals surface area (Å²) >= 11 is 0. The molecule has 1 fully saturated rings. The maximum Gasteiger partial charge on any atom is 0.232 e. The van der Waals surface area contributed by atoms with Gasteiger partial charge in [-0.3, -0.25) is 9.10 Å². The lowest BCUT2D eigenvalue weighted by Gasteiger charge is -2.36. The molecule has 1 amide bonds. The summed E-state index contributed by atoms with van der Waals surface area (Å²) < 4.78 is 36.4. The first-order valence-electron chi connectivity index (χ1n) is 9.07. The normalized spacial score (nSPS) is 19.5. The van der Waals surface area contributed by atoms with Gasteiger partial charge in [-0.25, -0.2) is 8.42 Å². The first kappa shape index (κ1) is 18.8. The molecule has 8 heteroatoms. The molecule has 1 aromatic rings. The zero-order valence-electron chi connectivity index (χ0n) is 15.3. The lowest BCUT2D eigenvalue weighted by atomic mass is 9.99. The molecule has 1 atom stereocenters. The van der Waals surface area contributed by atoms with E-state index in [1.807, 2.05) is 4.90 Å². The summed E-state index contributed by atoms with van der Waals surface area (Å²) in [5.41, 5.74) is 0.482. The largest absolute Gasteiger partial charge is 0.454 e. The second kappa shape index (κ2) is 7.73. The quantitative estimate of drug-likeness (QED) is 0.755. The van der Waals surface area contributed by atoms with E-state index in [9.17, 15) is 13.2 Å². The van der Waals surface area contributed by atoms with Gasteiger partial charge in [-0.05, 0) is 37.8 Å². The molecule has 2 heterocycles. The number of ether oxygens (including phenoxy) is 2. The van der Waals surface area contributed by atoms with Gasteiger partial charge in [-0.1, -0.05) is 6.92 Å². The zero-order valence-corrected chi connectivity index (χ0v) is 16.1. The van der Waals surface area contributed by atoms with Crippen LogP contribution in [0.5, 0.6) is 11.5 Å². The second-order valence-corrected chi connectivity index (χ2v) is 8.67. The number of carbonyl (C=O) groups excluding carboxylic acids is 1. The van der Waals surface area contributed by atoms with Gasteiger partial charge < -0.3 is 14.4 Å². The van der Waals surface area contributed by atoms with Crippen LogP contribution in [0.1, 0.15) is 39.0 Å². The van der Waals surface area contributed by atoms with E-state index in [1.54, 1.807) is 18.2 Å². The van der Waals surface area contributed by atoms with Crippen LogP contribution in [-0.4, -0.2) is 51.4 Å². The van der Waals surface area contributed by atoms with Crippen molar-refractivity contribution in [2.24, 2.45) is 0 Å². The van der Waals surface area contributed by atoms with Crippen molar-refractivity contribution < 1.29 is 22.7 Å². The fourth-order valence-corrected chi connectivity index (χ4v) is 4.54. The Morgan fingerprint density at radius 2 is 2.04 bits per heavy atom. The van der Waals surface area contributed by atoms with Gasteiger partial charge in [0.25, 0.3) is 0 Å². The van der Waals surface area contributed by atoms with Crippen molar-refractivity contribution in [3.63, 3.8) is 0 Å². The van der Waals surface area contributed by atoms with Crippen molar-refractivity contribution in [2.45, 2.75) is 45.1 Å². The highest BCUT2D eigenvalue weighted by Crippen LogP contribution is 2.36. The van der Waals surface area contributed by atoms with E-state index >= 15 is 0 Å². The maximum absolute atomic E-state index is 12.7. The zero-order chi connectivity index (χ0) is 18.7. The van der Waals surface area contributed by atoms with Crippen LogP contribution in [0, 0.1) is 0 Å². The number of piperidine rings is 1. The van der Waals surface area contributed by atoms with Crippen LogP contribution in [0.15, 0.2) is 18.2 Å². The van der Waals surface area contributed by atoms with Gasteiger partial charge in [0, 0.05) is 31.6 Å². The van der Waals surface area contributed by atoms with Crippen LogP contribution in [0.2, 0.25) is 0 Å². The summed E-state index contributed by atoms with van der Waals surface area (Å²) in [6.07, 6.45) is 5.44. The minimum Gasteiger partial charge on any atom is -0.454 e. The molecule has 7 nitrogen and oxygen atoms in total. The van der Waals surface area contributed by atoms with E-state index in [0.29, 0.717) is 17.2 Å².